The molecule has 0 aliphatic heterocycles. The average Bonchev–Trinajstić information content (AvgIpc) is 3.33. The first kappa shape index (κ1) is 40.6. The number of carbonyl (C=O) groups is 3. The van der Waals surface area contributed by atoms with Crippen molar-refractivity contribution in [3.05, 3.63) is 36.0 Å². The van der Waals surface area contributed by atoms with Gasteiger partial charge in [0.25, 0.3) is 0 Å². The lowest BCUT2D eigenvalue weighted by Gasteiger charge is -2.38. The summed E-state index contributed by atoms with van der Waals surface area (Å²) in [5.74, 6) is -0.527. The number of alkyl carbamates (subject to hydrolysis) is 2. The zero-order valence-electron chi connectivity index (χ0n) is 30.6. The van der Waals surface area contributed by atoms with Crippen molar-refractivity contribution < 1.29 is 38.1 Å². The largest absolute Gasteiger partial charge is 0.490 e. The van der Waals surface area contributed by atoms with Crippen LogP contribution in [0.5, 0.6) is 5.75 Å². The number of carboxylic acid groups (broad SMARTS) is 1. The molecule has 2 rings (SSSR count). The molecule has 0 spiro atoms. The van der Waals surface area contributed by atoms with Gasteiger partial charge in [-0.25, -0.2) is 14.4 Å². The molecular weight excluding hydrogens is 634 g/mol. The molecule has 1 atom stereocenters. The number of nitrogens with one attached hydrogen (secondary N) is 3. The number of nitrogens with zero attached hydrogens (tertiary/aromatic N) is 2. The summed E-state index contributed by atoms with van der Waals surface area (Å²) in [6, 6.07) is 9.30. The number of hydrogen-bond donors (Lipinski definition) is 4. The molecule has 4 N–H and O–H groups in total. The zero-order valence-corrected chi connectivity index (χ0v) is 31.6. The van der Waals surface area contributed by atoms with E-state index >= 15 is 0 Å². The van der Waals surface area contributed by atoms with Gasteiger partial charge in [0, 0.05) is 38.3 Å². The molecule has 48 heavy (non-hydrogen) atoms. The minimum Gasteiger partial charge on any atom is -0.490 e. The summed E-state index contributed by atoms with van der Waals surface area (Å²) in [5.41, 5.74) is 1.38. The van der Waals surface area contributed by atoms with Crippen LogP contribution in [-0.2, 0) is 31.8 Å². The number of ether oxygens (including phenoxy) is 3. The molecule has 14 heteroatoms. The number of rotatable bonds is 16. The van der Waals surface area contributed by atoms with Crippen LogP contribution in [0, 0.1) is 0 Å². The van der Waals surface area contributed by atoms with Gasteiger partial charge in [0.1, 0.15) is 23.6 Å². The molecule has 1 heterocycles. The van der Waals surface area contributed by atoms with Gasteiger partial charge >= 0.3 is 18.2 Å². The van der Waals surface area contributed by atoms with Gasteiger partial charge in [-0.2, -0.15) is 5.10 Å². The van der Waals surface area contributed by atoms with E-state index in [2.05, 4.69) is 36.7 Å². The topological polar surface area (TPSA) is 162 Å². The SMILES string of the molecule is CC(C)(C)OC(=O)NCCCn1nc(-c2ccc(OCC(O[Si](C)(C)C(C)(C)C)C(=O)O)cc2)cc1CNCCNC(=O)OC(C)(C)C. The number of benzene rings is 1. The summed E-state index contributed by atoms with van der Waals surface area (Å²) in [5, 5.41) is 23.3. The monoisotopic (exact) mass is 691 g/mol. The first-order valence-corrected chi connectivity index (χ1v) is 19.3. The maximum absolute atomic E-state index is 12.0. The molecule has 2 aromatic rings. The van der Waals surface area contributed by atoms with Gasteiger partial charge in [-0.05, 0) is 96.4 Å². The Morgan fingerprint density at radius 2 is 1.44 bits per heavy atom. The van der Waals surface area contributed by atoms with E-state index in [1.54, 1.807) is 12.1 Å². The fourth-order valence-corrected chi connectivity index (χ4v) is 5.27. The average molecular weight is 692 g/mol. The highest BCUT2D eigenvalue weighted by Crippen LogP contribution is 2.37. The Balaban J connectivity index is 2.08. The van der Waals surface area contributed by atoms with Crippen molar-refractivity contribution in [1.82, 2.24) is 25.7 Å². The molecule has 0 fully saturated rings. The van der Waals surface area contributed by atoms with E-state index in [0.717, 1.165) is 17.0 Å². The molecule has 0 radical (unpaired) electrons. The van der Waals surface area contributed by atoms with E-state index in [9.17, 15) is 19.5 Å². The molecule has 270 valence electrons. The lowest BCUT2D eigenvalue weighted by molar-refractivity contribution is -0.147. The minimum absolute atomic E-state index is 0.105. The van der Waals surface area contributed by atoms with Crippen molar-refractivity contribution in [3.63, 3.8) is 0 Å². The second-order valence-electron chi connectivity index (χ2n) is 15.2. The Bertz CT molecular complexity index is 1340. The van der Waals surface area contributed by atoms with Gasteiger partial charge in [0.05, 0.1) is 11.4 Å². The van der Waals surface area contributed by atoms with E-state index < -0.39 is 43.8 Å². The molecule has 0 aliphatic rings. The predicted octanol–water partition coefficient (Wildman–Crippen LogP) is 5.93. The Morgan fingerprint density at radius 1 is 0.875 bits per heavy atom. The van der Waals surface area contributed by atoms with Crippen LogP contribution in [0.4, 0.5) is 9.59 Å². The molecular formula is C34H57N5O8Si. The number of hydrogen-bond acceptors (Lipinski definition) is 9. The molecule has 0 aliphatic carbocycles. The van der Waals surface area contributed by atoms with Crippen LogP contribution in [0.1, 0.15) is 74.4 Å². The second kappa shape index (κ2) is 17.2. The van der Waals surface area contributed by atoms with Gasteiger partial charge < -0.3 is 39.7 Å². The number of amides is 2. The number of aromatic nitrogens is 2. The van der Waals surface area contributed by atoms with Crippen molar-refractivity contribution in [2.24, 2.45) is 0 Å². The number of aliphatic carboxylic acids is 1. The van der Waals surface area contributed by atoms with Gasteiger partial charge in [0.15, 0.2) is 14.4 Å². The molecule has 13 nitrogen and oxygen atoms in total. The summed E-state index contributed by atoms with van der Waals surface area (Å²) >= 11 is 0. The Hall–Kier alpha value is -3.62. The normalized spacial score (nSPS) is 13.1. The number of aryl methyl sites for hydroxylation is 1. The summed E-state index contributed by atoms with van der Waals surface area (Å²) < 4.78 is 24.4. The van der Waals surface area contributed by atoms with Crippen molar-refractivity contribution in [2.45, 2.75) is 117 Å². The fourth-order valence-electron chi connectivity index (χ4n) is 4.03. The standard InChI is InChI=1S/C34H57N5O8Si/c1-32(2,3)45-30(42)36-17-12-20-39-25(22-35-18-19-37-31(43)46-33(4,5)6)21-27(38-39)24-13-15-26(16-14-24)44-23-28(29(40)41)47-48(10,11)34(7,8)9/h13-16,21,28,35H,12,17-20,22-23H2,1-11H3,(H,36,42)(H,37,43)(H,40,41). The highest BCUT2D eigenvalue weighted by molar-refractivity contribution is 6.74. The highest BCUT2D eigenvalue weighted by atomic mass is 28.4. The first-order chi connectivity index (χ1) is 22.1. The van der Waals surface area contributed by atoms with Crippen molar-refractivity contribution in [3.8, 4) is 17.0 Å². The summed E-state index contributed by atoms with van der Waals surface area (Å²) in [7, 11) is -2.31. The second-order valence-corrected chi connectivity index (χ2v) is 19.9. The summed E-state index contributed by atoms with van der Waals surface area (Å²) in [6.45, 7) is 23.4. The van der Waals surface area contributed by atoms with E-state index in [4.69, 9.17) is 23.7 Å². The molecule has 1 aromatic carbocycles. The van der Waals surface area contributed by atoms with Crippen molar-refractivity contribution in [1.29, 1.82) is 0 Å². The van der Waals surface area contributed by atoms with Crippen LogP contribution < -0.4 is 20.7 Å². The van der Waals surface area contributed by atoms with Crippen LogP contribution in [0.25, 0.3) is 11.3 Å². The van der Waals surface area contributed by atoms with Gasteiger partial charge in [-0.15, -0.1) is 0 Å². The van der Waals surface area contributed by atoms with Crippen LogP contribution in [-0.4, -0.2) is 84.9 Å². The maximum atomic E-state index is 12.0. The van der Waals surface area contributed by atoms with Crippen molar-refractivity contribution >= 4 is 26.5 Å². The quantitative estimate of drug-likeness (QED) is 0.123. The third-order valence-electron chi connectivity index (χ3n) is 7.42. The Labute approximate surface area is 286 Å². The smallest absolute Gasteiger partial charge is 0.407 e. The number of carbonyl (C=O) groups excluding carboxylic acids is 2. The van der Waals surface area contributed by atoms with Crippen LogP contribution in [0.15, 0.2) is 30.3 Å². The summed E-state index contributed by atoms with van der Waals surface area (Å²) in [4.78, 5) is 35.9. The van der Waals surface area contributed by atoms with Gasteiger partial charge in [0.2, 0.25) is 0 Å². The van der Waals surface area contributed by atoms with Crippen LogP contribution in [0.2, 0.25) is 18.1 Å². The summed E-state index contributed by atoms with van der Waals surface area (Å²) in [6.07, 6.45) is -1.38. The fraction of sp³-hybridized carbons (Fsp3) is 0.647. The molecule has 0 saturated heterocycles. The highest BCUT2D eigenvalue weighted by Gasteiger charge is 2.41. The molecule has 0 bridgehead atoms. The van der Waals surface area contributed by atoms with Crippen LogP contribution in [0.3, 0.4) is 0 Å². The van der Waals surface area contributed by atoms with E-state index in [-0.39, 0.29) is 11.6 Å². The zero-order chi connectivity index (χ0) is 36.3. The van der Waals surface area contributed by atoms with Gasteiger partial charge in [-0.1, -0.05) is 20.8 Å². The van der Waals surface area contributed by atoms with E-state index in [0.29, 0.717) is 44.9 Å². The van der Waals surface area contributed by atoms with E-state index in [1.165, 1.54) is 0 Å². The first-order valence-electron chi connectivity index (χ1n) is 16.4. The Kier molecular flexibility index (Phi) is 14.5. The van der Waals surface area contributed by atoms with Crippen LogP contribution >= 0.6 is 0 Å². The molecule has 0 saturated carbocycles. The predicted molar refractivity (Wildman–Crippen MR) is 188 cm³/mol. The third kappa shape index (κ3) is 14.6. The lowest BCUT2D eigenvalue weighted by atomic mass is 10.1. The van der Waals surface area contributed by atoms with Gasteiger partial charge in [-0.3, -0.25) is 4.68 Å². The molecule has 2 amide bonds. The Morgan fingerprint density at radius 3 is 1.96 bits per heavy atom. The third-order valence-corrected chi connectivity index (χ3v) is 11.9. The molecule has 1 unspecified atom stereocenters. The maximum Gasteiger partial charge on any atom is 0.407 e. The number of carboxylic acids is 1. The minimum atomic E-state index is -2.31. The van der Waals surface area contributed by atoms with Crippen molar-refractivity contribution in [2.75, 3.05) is 26.2 Å². The van der Waals surface area contributed by atoms with E-state index in [1.807, 2.05) is 77.5 Å². The lowest BCUT2D eigenvalue weighted by Crippen LogP contribution is -2.47. The molecule has 1 aromatic heterocycles.